The third-order valence-corrected chi connectivity index (χ3v) is 3.57. The molecule has 0 radical (unpaired) electrons. The SMILES string of the molecule is CC(C)C(=O)NCCNC(=O)/C=C/c1cc(Cl)c2c(c1)OCCO2. The van der Waals surface area contributed by atoms with Crippen molar-refractivity contribution in [1.82, 2.24) is 10.6 Å². The van der Waals surface area contributed by atoms with Gasteiger partial charge in [0.2, 0.25) is 11.8 Å². The number of nitrogens with one attached hydrogen (secondary N) is 2. The van der Waals surface area contributed by atoms with Crippen molar-refractivity contribution in [3.05, 3.63) is 28.8 Å². The average Bonchev–Trinajstić information content (AvgIpc) is 2.56. The fourth-order valence-electron chi connectivity index (χ4n) is 2.03. The van der Waals surface area contributed by atoms with Gasteiger partial charge in [0.25, 0.3) is 0 Å². The van der Waals surface area contributed by atoms with Gasteiger partial charge in [-0.25, -0.2) is 0 Å². The molecular formula is C17H21ClN2O4. The molecule has 1 aromatic rings. The van der Waals surface area contributed by atoms with Crippen LogP contribution in [0.4, 0.5) is 0 Å². The van der Waals surface area contributed by atoms with Crippen molar-refractivity contribution in [3.63, 3.8) is 0 Å². The maximum atomic E-state index is 11.8. The van der Waals surface area contributed by atoms with Crippen LogP contribution in [0.25, 0.3) is 6.08 Å². The first kappa shape index (κ1) is 18.1. The van der Waals surface area contributed by atoms with Gasteiger partial charge in [-0.15, -0.1) is 0 Å². The zero-order chi connectivity index (χ0) is 17.5. The third-order valence-electron chi connectivity index (χ3n) is 3.29. The summed E-state index contributed by atoms with van der Waals surface area (Å²) in [5.74, 6) is 0.752. The van der Waals surface area contributed by atoms with Gasteiger partial charge in [0.15, 0.2) is 11.5 Å². The number of halogens is 1. The van der Waals surface area contributed by atoms with Crippen LogP contribution in [-0.2, 0) is 9.59 Å². The lowest BCUT2D eigenvalue weighted by molar-refractivity contribution is -0.124. The van der Waals surface area contributed by atoms with Crippen LogP contribution in [0.15, 0.2) is 18.2 Å². The molecular weight excluding hydrogens is 332 g/mol. The summed E-state index contributed by atoms with van der Waals surface area (Å²) in [6.07, 6.45) is 3.05. The van der Waals surface area contributed by atoms with Gasteiger partial charge in [-0.05, 0) is 23.8 Å². The van der Waals surface area contributed by atoms with E-state index < -0.39 is 0 Å². The molecule has 0 bridgehead atoms. The molecule has 2 amide bonds. The molecule has 2 N–H and O–H groups in total. The van der Waals surface area contributed by atoms with Gasteiger partial charge in [-0.2, -0.15) is 0 Å². The van der Waals surface area contributed by atoms with Crippen molar-refractivity contribution in [2.45, 2.75) is 13.8 Å². The van der Waals surface area contributed by atoms with Crippen molar-refractivity contribution in [2.24, 2.45) is 5.92 Å². The van der Waals surface area contributed by atoms with Gasteiger partial charge >= 0.3 is 0 Å². The molecule has 0 unspecified atom stereocenters. The van der Waals surface area contributed by atoms with E-state index in [4.69, 9.17) is 21.1 Å². The normalized spacial score (nSPS) is 13.2. The van der Waals surface area contributed by atoms with E-state index in [1.165, 1.54) is 6.08 Å². The molecule has 1 aromatic carbocycles. The highest BCUT2D eigenvalue weighted by atomic mass is 35.5. The number of benzene rings is 1. The van der Waals surface area contributed by atoms with E-state index in [0.29, 0.717) is 42.8 Å². The van der Waals surface area contributed by atoms with Crippen LogP contribution < -0.4 is 20.1 Å². The molecule has 0 atom stereocenters. The van der Waals surface area contributed by atoms with E-state index >= 15 is 0 Å². The summed E-state index contributed by atoms with van der Waals surface area (Å²) in [5, 5.41) is 5.87. The van der Waals surface area contributed by atoms with E-state index in [1.54, 1.807) is 18.2 Å². The van der Waals surface area contributed by atoms with Crippen LogP contribution >= 0.6 is 11.6 Å². The number of carbonyl (C=O) groups excluding carboxylic acids is 2. The van der Waals surface area contributed by atoms with Gasteiger partial charge in [0.1, 0.15) is 13.2 Å². The summed E-state index contributed by atoms with van der Waals surface area (Å²) in [6, 6.07) is 3.48. The minimum absolute atomic E-state index is 0.0364. The molecule has 0 saturated heterocycles. The monoisotopic (exact) mass is 352 g/mol. The fraction of sp³-hybridized carbons (Fsp3) is 0.412. The number of hydrogen-bond acceptors (Lipinski definition) is 4. The number of rotatable bonds is 6. The Morgan fingerprint density at radius 3 is 2.67 bits per heavy atom. The van der Waals surface area contributed by atoms with Crippen LogP contribution in [0.1, 0.15) is 19.4 Å². The van der Waals surface area contributed by atoms with Gasteiger partial charge in [0.05, 0.1) is 5.02 Å². The number of amides is 2. The Morgan fingerprint density at radius 1 is 1.21 bits per heavy atom. The summed E-state index contributed by atoms with van der Waals surface area (Å²) < 4.78 is 10.9. The summed E-state index contributed by atoms with van der Waals surface area (Å²) in [7, 11) is 0. The van der Waals surface area contributed by atoms with Crippen molar-refractivity contribution in [2.75, 3.05) is 26.3 Å². The molecule has 1 aliphatic rings. The lowest BCUT2D eigenvalue weighted by Gasteiger charge is -2.19. The van der Waals surface area contributed by atoms with E-state index in [2.05, 4.69) is 10.6 Å². The molecule has 0 spiro atoms. The summed E-state index contributed by atoms with van der Waals surface area (Å²) in [6.45, 7) is 5.33. The van der Waals surface area contributed by atoms with Gasteiger partial charge in [-0.3, -0.25) is 9.59 Å². The minimum atomic E-state index is -0.250. The maximum Gasteiger partial charge on any atom is 0.244 e. The van der Waals surface area contributed by atoms with Crippen molar-refractivity contribution < 1.29 is 19.1 Å². The first-order valence-corrected chi connectivity index (χ1v) is 8.18. The van der Waals surface area contributed by atoms with Gasteiger partial charge in [-0.1, -0.05) is 25.4 Å². The lowest BCUT2D eigenvalue weighted by Crippen LogP contribution is -2.35. The topological polar surface area (TPSA) is 76.7 Å². The standard InChI is InChI=1S/C17H21ClN2O4/c1-11(2)17(22)20-6-5-19-15(21)4-3-12-9-13(18)16-14(10-12)23-7-8-24-16/h3-4,9-11H,5-8H2,1-2H3,(H,19,21)(H,20,22)/b4-3+. The van der Waals surface area contributed by atoms with Crippen LogP contribution in [0.3, 0.4) is 0 Å². The van der Waals surface area contributed by atoms with Crippen molar-refractivity contribution in [1.29, 1.82) is 0 Å². The molecule has 0 fully saturated rings. The predicted molar refractivity (Wildman–Crippen MR) is 92.3 cm³/mol. The molecule has 0 saturated carbocycles. The fourth-order valence-corrected chi connectivity index (χ4v) is 2.31. The maximum absolute atomic E-state index is 11.8. The summed E-state index contributed by atoms with van der Waals surface area (Å²) >= 11 is 6.14. The Bertz CT molecular complexity index is 644. The van der Waals surface area contributed by atoms with E-state index in [9.17, 15) is 9.59 Å². The quantitative estimate of drug-likeness (QED) is 0.606. The lowest BCUT2D eigenvalue weighted by atomic mass is 10.1. The Balaban J connectivity index is 1.83. The zero-order valence-corrected chi connectivity index (χ0v) is 14.5. The minimum Gasteiger partial charge on any atom is -0.486 e. The van der Waals surface area contributed by atoms with Crippen LogP contribution in [0.2, 0.25) is 5.02 Å². The second kappa shape index (κ2) is 8.59. The second-order valence-electron chi connectivity index (χ2n) is 5.60. The number of carbonyl (C=O) groups is 2. The van der Waals surface area contributed by atoms with E-state index in [0.717, 1.165) is 5.56 Å². The summed E-state index contributed by atoms with van der Waals surface area (Å²) in [5.41, 5.74) is 0.743. The number of fused-ring (bicyclic) bond motifs is 1. The third kappa shape index (κ3) is 5.16. The van der Waals surface area contributed by atoms with Crippen LogP contribution in [-0.4, -0.2) is 38.1 Å². The Kier molecular flexibility index (Phi) is 6.49. The Labute approximate surface area is 146 Å². The van der Waals surface area contributed by atoms with Crippen molar-refractivity contribution in [3.8, 4) is 11.5 Å². The predicted octanol–water partition coefficient (Wildman–Crippen LogP) is 2.01. The molecule has 24 heavy (non-hydrogen) atoms. The summed E-state index contributed by atoms with van der Waals surface area (Å²) in [4.78, 5) is 23.1. The molecule has 6 nitrogen and oxygen atoms in total. The van der Waals surface area contributed by atoms with E-state index in [-0.39, 0.29) is 17.7 Å². The smallest absolute Gasteiger partial charge is 0.244 e. The van der Waals surface area contributed by atoms with Crippen LogP contribution in [0.5, 0.6) is 11.5 Å². The molecule has 1 heterocycles. The van der Waals surface area contributed by atoms with Gasteiger partial charge < -0.3 is 20.1 Å². The first-order valence-electron chi connectivity index (χ1n) is 7.80. The van der Waals surface area contributed by atoms with E-state index in [1.807, 2.05) is 13.8 Å². The Morgan fingerprint density at radius 2 is 1.92 bits per heavy atom. The number of ether oxygens (including phenoxy) is 2. The first-order chi connectivity index (χ1) is 11.5. The average molecular weight is 353 g/mol. The molecule has 0 aromatic heterocycles. The molecule has 7 heteroatoms. The number of hydrogen-bond donors (Lipinski definition) is 2. The highest BCUT2D eigenvalue weighted by molar-refractivity contribution is 6.32. The molecule has 130 valence electrons. The molecule has 2 rings (SSSR count). The van der Waals surface area contributed by atoms with Gasteiger partial charge in [0, 0.05) is 25.1 Å². The zero-order valence-electron chi connectivity index (χ0n) is 13.7. The largest absolute Gasteiger partial charge is 0.486 e. The highest BCUT2D eigenvalue weighted by Crippen LogP contribution is 2.38. The Hall–Kier alpha value is -2.21. The highest BCUT2D eigenvalue weighted by Gasteiger charge is 2.15. The second-order valence-corrected chi connectivity index (χ2v) is 6.00. The molecule has 0 aliphatic carbocycles. The van der Waals surface area contributed by atoms with Crippen molar-refractivity contribution >= 4 is 29.5 Å². The molecule has 1 aliphatic heterocycles. The van der Waals surface area contributed by atoms with Crippen LogP contribution in [0, 0.1) is 5.92 Å².